The molecule has 1 aromatic heterocycles. The van der Waals surface area contributed by atoms with E-state index in [0.29, 0.717) is 20.4 Å². The summed E-state index contributed by atoms with van der Waals surface area (Å²) in [6, 6.07) is 9.15. The van der Waals surface area contributed by atoms with Gasteiger partial charge < -0.3 is 19.2 Å². The SMILES string of the molecule is CCOC(=O)COc1ccc([C@H]2c3sc(=O)[nH]c3SC3C(=O)N(c4ccccc4C(F)(F)F)C(=O)C32)cc1OCC. The van der Waals surface area contributed by atoms with E-state index in [0.717, 1.165) is 35.2 Å². The van der Waals surface area contributed by atoms with Gasteiger partial charge in [0.05, 0.1) is 35.4 Å². The average Bonchev–Trinajstić information content (AvgIpc) is 3.42. The summed E-state index contributed by atoms with van der Waals surface area (Å²) in [5, 5.41) is -0.708. The number of anilines is 1. The second-order valence-electron chi connectivity index (χ2n) is 9.01. The van der Waals surface area contributed by atoms with Gasteiger partial charge in [0.1, 0.15) is 5.25 Å². The van der Waals surface area contributed by atoms with Crippen LogP contribution in [0.3, 0.4) is 0 Å². The van der Waals surface area contributed by atoms with Crippen LogP contribution < -0.4 is 19.2 Å². The topological polar surface area (TPSA) is 115 Å². The molecule has 0 spiro atoms. The molecule has 1 saturated heterocycles. The highest BCUT2D eigenvalue weighted by atomic mass is 32.2. The molecule has 0 saturated carbocycles. The highest BCUT2D eigenvalue weighted by Crippen LogP contribution is 2.54. The number of aromatic nitrogens is 1. The Balaban J connectivity index is 1.58. The highest BCUT2D eigenvalue weighted by Gasteiger charge is 2.57. The van der Waals surface area contributed by atoms with E-state index in [2.05, 4.69) is 4.98 Å². The molecule has 5 rings (SSSR count). The van der Waals surface area contributed by atoms with Gasteiger partial charge >= 0.3 is 17.0 Å². The van der Waals surface area contributed by atoms with Crippen LogP contribution in [0.25, 0.3) is 0 Å². The van der Waals surface area contributed by atoms with Crippen molar-refractivity contribution in [2.24, 2.45) is 5.92 Å². The Morgan fingerprint density at radius 2 is 1.76 bits per heavy atom. The van der Waals surface area contributed by atoms with Gasteiger partial charge in [-0.3, -0.25) is 14.4 Å². The molecule has 1 N–H and O–H groups in total. The van der Waals surface area contributed by atoms with Crippen LogP contribution >= 0.6 is 23.1 Å². The minimum atomic E-state index is -4.80. The summed E-state index contributed by atoms with van der Waals surface area (Å²) in [4.78, 5) is 55.0. The Bertz CT molecular complexity index is 1570. The maximum absolute atomic E-state index is 13.9. The van der Waals surface area contributed by atoms with Gasteiger partial charge in [0, 0.05) is 10.8 Å². The first-order valence-corrected chi connectivity index (χ1v) is 14.2. The van der Waals surface area contributed by atoms with Crippen molar-refractivity contribution in [2.75, 3.05) is 24.7 Å². The Kier molecular flexibility index (Phi) is 7.88. The quantitative estimate of drug-likeness (QED) is 0.292. The number of carbonyl (C=O) groups is 3. The Morgan fingerprint density at radius 1 is 1.00 bits per heavy atom. The minimum Gasteiger partial charge on any atom is -0.490 e. The lowest BCUT2D eigenvalue weighted by molar-refractivity contribution is -0.145. The third-order valence-electron chi connectivity index (χ3n) is 6.55. The molecule has 2 aliphatic rings. The van der Waals surface area contributed by atoms with Gasteiger partial charge in [0.25, 0.3) is 0 Å². The number of hydrogen-bond acceptors (Lipinski definition) is 9. The minimum absolute atomic E-state index is 0.181. The predicted octanol–water partition coefficient (Wildman–Crippen LogP) is 4.59. The first-order chi connectivity index (χ1) is 19.5. The number of benzene rings is 2. The van der Waals surface area contributed by atoms with Crippen LogP contribution in [0.15, 0.2) is 52.3 Å². The van der Waals surface area contributed by atoms with E-state index in [-0.39, 0.29) is 31.3 Å². The molecule has 1 fully saturated rings. The third-order valence-corrected chi connectivity index (χ3v) is 8.95. The van der Waals surface area contributed by atoms with Crippen LogP contribution in [0.5, 0.6) is 11.5 Å². The van der Waals surface area contributed by atoms with Crippen LogP contribution in [-0.4, -0.2) is 47.8 Å². The molecule has 2 amide bonds. The van der Waals surface area contributed by atoms with Crippen LogP contribution in [-0.2, 0) is 25.3 Å². The van der Waals surface area contributed by atoms with Crippen molar-refractivity contribution in [1.82, 2.24) is 4.98 Å². The molecule has 9 nitrogen and oxygen atoms in total. The zero-order valence-corrected chi connectivity index (χ0v) is 23.3. The number of nitrogens with zero attached hydrogens (tertiary/aromatic N) is 1. The molecule has 216 valence electrons. The third kappa shape index (κ3) is 5.33. The summed E-state index contributed by atoms with van der Waals surface area (Å²) in [5.41, 5.74) is -1.17. The maximum atomic E-state index is 13.9. The first kappa shape index (κ1) is 28.7. The van der Waals surface area contributed by atoms with Gasteiger partial charge in [-0.05, 0) is 43.7 Å². The van der Waals surface area contributed by atoms with Gasteiger partial charge in [0.2, 0.25) is 11.8 Å². The standard InChI is InChI=1S/C27H23F3N2O7S2/c1-3-37-17-11-13(9-10-16(17)39-12-18(33)38-4-2)19-20-22(40-23-21(19)41-26(36)31-23)25(35)32(24(20)34)15-8-6-5-7-14(15)27(28,29)30/h5-11,19-20,22H,3-4,12H2,1-2H3,(H,31,36)/t19-,20?,22?/m1/s1. The van der Waals surface area contributed by atoms with Crippen LogP contribution in [0, 0.1) is 5.92 Å². The van der Waals surface area contributed by atoms with Crippen molar-refractivity contribution in [3.8, 4) is 11.5 Å². The van der Waals surface area contributed by atoms with E-state index in [9.17, 15) is 32.3 Å². The summed E-state index contributed by atoms with van der Waals surface area (Å²) in [6.07, 6.45) is -4.80. The summed E-state index contributed by atoms with van der Waals surface area (Å²) in [5.74, 6) is -3.68. The molecule has 0 aliphatic carbocycles. The van der Waals surface area contributed by atoms with E-state index in [4.69, 9.17) is 14.2 Å². The van der Waals surface area contributed by atoms with E-state index in [1.165, 1.54) is 18.2 Å². The van der Waals surface area contributed by atoms with E-state index < -0.39 is 57.2 Å². The number of para-hydroxylation sites is 1. The molecule has 14 heteroatoms. The number of amides is 2. The van der Waals surface area contributed by atoms with Gasteiger partial charge in [-0.25, -0.2) is 9.69 Å². The molecule has 2 unspecified atom stereocenters. The molecule has 3 aromatic rings. The summed E-state index contributed by atoms with van der Waals surface area (Å²) >= 11 is 1.82. The van der Waals surface area contributed by atoms with Crippen LogP contribution in [0.4, 0.5) is 18.9 Å². The number of thiazole rings is 1. The largest absolute Gasteiger partial charge is 0.490 e. The second-order valence-corrected chi connectivity index (χ2v) is 11.2. The fourth-order valence-electron chi connectivity index (χ4n) is 4.97. The summed E-state index contributed by atoms with van der Waals surface area (Å²) in [7, 11) is 0. The lowest BCUT2D eigenvalue weighted by Crippen LogP contribution is -2.33. The maximum Gasteiger partial charge on any atom is 0.418 e. The number of H-pyrrole nitrogens is 1. The van der Waals surface area contributed by atoms with E-state index in [1.807, 2.05) is 0 Å². The number of rotatable bonds is 8. The Labute approximate surface area is 239 Å². The number of alkyl halides is 3. The Morgan fingerprint density at radius 3 is 2.46 bits per heavy atom. The number of carbonyl (C=O) groups excluding carboxylic acids is 3. The number of esters is 1. The normalized spacial score (nSPS) is 20.0. The van der Waals surface area contributed by atoms with Gasteiger partial charge in [-0.1, -0.05) is 41.3 Å². The number of thioether (sulfide) groups is 1. The molecule has 2 aliphatic heterocycles. The fraction of sp³-hybridized carbons (Fsp3) is 0.333. The van der Waals surface area contributed by atoms with Crippen LogP contribution in [0.1, 0.15) is 35.8 Å². The van der Waals surface area contributed by atoms with Crippen molar-refractivity contribution < 1.29 is 41.8 Å². The van der Waals surface area contributed by atoms with Gasteiger partial charge in [-0.2, -0.15) is 13.2 Å². The zero-order valence-electron chi connectivity index (χ0n) is 21.7. The summed E-state index contributed by atoms with van der Waals surface area (Å²) in [6.45, 7) is 3.44. The van der Waals surface area contributed by atoms with Crippen LogP contribution in [0.2, 0.25) is 0 Å². The monoisotopic (exact) mass is 608 g/mol. The number of fused-ring (bicyclic) bond motifs is 2. The Hall–Kier alpha value is -3.78. The predicted molar refractivity (Wildman–Crippen MR) is 144 cm³/mol. The molecule has 3 atom stereocenters. The zero-order chi connectivity index (χ0) is 29.5. The number of halogens is 3. The lowest BCUT2D eigenvalue weighted by Gasteiger charge is -2.30. The number of ether oxygens (including phenoxy) is 3. The average molecular weight is 609 g/mol. The van der Waals surface area contributed by atoms with Gasteiger partial charge in [-0.15, -0.1) is 0 Å². The van der Waals surface area contributed by atoms with Gasteiger partial charge in [0.15, 0.2) is 18.1 Å². The van der Waals surface area contributed by atoms with Crippen molar-refractivity contribution in [2.45, 2.75) is 36.2 Å². The van der Waals surface area contributed by atoms with Crippen molar-refractivity contribution in [3.05, 3.63) is 68.1 Å². The fourth-order valence-corrected chi connectivity index (χ4v) is 7.48. The summed E-state index contributed by atoms with van der Waals surface area (Å²) < 4.78 is 57.7. The molecule has 0 radical (unpaired) electrons. The van der Waals surface area contributed by atoms with Crippen molar-refractivity contribution in [3.63, 3.8) is 0 Å². The number of aromatic amines is 1. The second kappa shape index (κ2) is 11.2. The van der Waals surface area contributed by atoms with Crippen molar-refractivity contribution >= 4 is 46.6 Å². The smallest absolute Gasteiger partial charge is 0.418 e. The number of nitrogens with one attached hydrogen (secondary N) is 1. The van der Waals surface area contributed by atoms with E-state index in [1.54, 1.807) is 26.0 Å². The molecular weight excluding hydrogens is 585 g/mol. The molecule has 0 bridgehead atoms. The molecule has 3 heterocycles. The number of hydrogen-bond donors (Lipinski definition) is 1. The molecule has 41 heavy (non-hydrogen) atoms. The van der Waals surface area contributed by atoms with Crippen molar-refractivity contribution in [1.29, 1.82) is 0 Å². The lowest BCUT2D eigenvalue weighted by atomic mass is 9.83. The number of imide groups is 1. The highest BCUT2D eigenvalue weighted by molar-refractivity contribution is 8.00. The first-order valence-electron chi connectivity index (χ1n) is 12.5. The molecule has 2 aromatic carbocycles. The van der Waals surface area contributed by atoms with E-state index >= 15 is 0 Å². The molecular formula is C27H23F3N2O7S2.